The number of hydrogen-bond donors (Lipinski definition) is 2. The van der Waals surface area contributed by atoms with E-state index in [0.29, 0.717) is 18.4 Å². The summed E-state index contributed by atoms with van der Waals surface area (Å²) in [4.78, 5) is 33.1. The van der Waals surface area contributed by atoms with Gasteiger partial charge in [0.15, 0.2) is 0 Å². The van der Waals surface area contributed by atoms with Gasteiger partial charge in [0, 0.05) is 12.1 Å². The lowest BCUT2D eigenvalue weighted by atomic mass is 10.1. The second kappa shape index (κ2) is 13.7. The summed E-state index contributed by atoms with van der Waals surface area (Å²) in [7, 11) is 0. The van der Waals surface area contributed by atoms with Crippen LogP contribution in [0.4, 0.5) is 35.9 Å². The number of rotatable bonds is 6. The Morgan fingerprint density at radius 2 is 1.79 bits per heavy atom. The van der Waals surface area contributed by atoms with Crippen LogP contribution in [-0.4, -0.2) is 57.0 Å². The van der Waals surface area contributed by atoms with E-state index in [4.69, 9.17) is 14.0 Å². The zero-order valence-electron chi connectivity index (χ0n) is 25.1. The highest BCUT2D eigenvalue weighted by atomic mass is 19.4. The Bertz CT molecular complexity index is 1640. The molecule has 1 atom stereocenters. The molecule has 2 N–H and O–H groups in total. The normalized spacial score (nSPS) is 16.1. The number of halogens is 6. The number of carbonyl (C=O) groups excluding carboxylic acids is 1. The summed E-state index contributed by atoms with van der Waals surface area (Å²) in [6.45, 7) is 4.75. The lowest BCUT2D eigenvalue weighted by Crippen LogP contribution is -2.44. The smallest absolute Gasteiger partial charge is 0.437 e. The number of likely N-dealkylation sites (tertiary alicyclic amines) is 1. The highest BCUT2D eigenvalue weighted by molar-refractivity contribution is 5.98. The first-order valence-electron chi connectivity index (χ1n) is 14.0. The van der Waals surface area contributed by atoms with Crippen molar-refractivity contribution < 1.29 is 55.0 Å². The standard InChI is InChI=1S/C30H29F6N5O6/c1-28(2,3)46-27(44)39-25(38-26(42)43)41-14-4-7-21(41)24-37-23(40-47-24)18-10-13-22(20(16-18)30(34,35)36)45-15-5-6-17-8-11-19(12-9-17)29(31,32)33/h5-6,8-13,16,21H,4,7,14-15H2,1-3H3,(H,42,43)(H,38,39,44)/b6-5-/t21-/m0/s1. The molecule has 17 heteroatoms. The highest BCUT2D eigenvalue weighted by Crippen LogP contribution is 2.39. The van der Waals surface area contributed by atoms with Gasteiger partial charge >= 0.3 is 24.5 Å². The first kappa shape index (κ1) is 34.8. The quantitative estimate of drug-likeness (QED) is 0.155. The van der Waals surface area contributed by atoms with Crippen molar-refractivity contribution in [1.82, 2.24) is 20.4 Å². The number of alkyl halides is 6. The minimum atomic E-state index is -4.84. The number of amides is 2. The highest BCUT2D eigenvalue weighted by Gasteiger charge is 2.37. The summed E-state index contributed by atoms with van der Waals surface area (Å²) < 4.78 is 96.0. The van der Waals surface area contributed by atoms with Crippen LogP contribution in [0.3, 0.4) is 0 Å². The van der Waals surface area contributed by atoms with E-state index < -0.39 is 53.1 Å². The van der Waals surface area contributed by atoms with E-state index in [0.717, 1.165) is 24.3 Å². The molecule has 0 radical (unpaired) electrons. The SMILES string of the molecule is CC(C)(C)OC(=O)N=C(NC(=O)O)N1CCC[C@H]1c1nc(-c2ccc(OC/C=C\c3ccc(C(F)(F)F)cc3)c(C(F)(F)F)c2)no1. The summed E-state index contributed by atoms with van der Waals surface area (Å²) in [5, 5.41) is 15.2. The number of carboxylic acid groups (broad SMARTS) is 1. The van der Waals surface area contributed by atoms with Crippen LogP contribution in [0.25, 0.3) is 17.5 Å². The molecule has 1 aliphatic heterocycles. The van der Waals surface area contributed by atoms with E-state index in [1.54, 1.807) is 20.8 Å². The van der Waals surface area contributed by atoms with Crippen LogP contribution in [-0.2, 0) is 17.1 Å². The Hall–Kier alpha value is -5.09. The number of aliphatic imine (C=N–C) groups is 1. The monoisotopic (exact) mass is 669 g/mol. The van der Waals surface area contributed by atoms with Gasteiger partial charge in [0.25, 0.3) is 0 Å². The van der Waals surface area contributed by atoms with E-state index in [2.05, 4.69) is 20.4 Å². The molecule has 2 aromatic carbocycles. The molecule has 47 heavy (non-hydrogen) atoms. The Labute approximate surface area is 263 Å². The molecular weight excluding hydrogens is 640 g/mol. The van der Waals surface area contributed by atoms with Crippen LogP contribution in [0.15, 0.2) is 58.1 Å². The van der Waals surface area contributed by atoms with Gasteiger partial charge < -0.3 is 24.0 Å². The summed E-state index contributed by atoms with van der Waals surface area (Å²) in [6.07, 6.45) is -8.24. The molecule has 0 unspecified atom stereocenters. The van der Waals surface area contributed by atoms with Gasteiger partial charge in [0.05, 0.1) is 11.1 Å². The Morgan fingerprint density at radius 1 is 1.09 bits per heavy atom. The maximum atomic E-state index is 14.0. The third kappa shape index (κ3) is 9.46. The maximum absolute atomic E-state index is 14.0. The lowest BCUT2D eigenvalue weighted by molar-refractivity contribution is -0.139. The number of benzene rings is 2. The van der Waals surface area contributed by atoms with Crippen LogP contribution in [0.2, 0.25) is 0 Å². The molecule has 0 spiro atoms. The van der Waals surface area contributed by atoms with Gasteiger partial charge in [0.1, 0.15) is 24.0 Å². The Kier molecular flexibility index (Phi) is 10.2. The number of ether oxygens (including phenoxy) is 2. The second-order valence-corrected chi connectivity index (χ2v) is 11.2. The fourth-order valence-electron chi connectivity index (χ4n) is 4.52. The number of nitrogens with zero attached hydrogens (tertiary/aromatic N) is 4. The maximum Gasteiger partial charge on any atom is 0.437 e. The van der Waals surface area contributed by atoms with Crippen molar-refractivity contribution in [2.75, 3.05) is 13.2 Å². The number of nitrogens with one attached hydrogen (secondary N) is 1. The fraction of sp³-hybridized carbons (Fsp3) is 0.367. The van der Waals surface area contributed by atoms with E-state index in [9.17, 15) is 41.0 Å². The number of carbonyl (C=O) groups is 2. The van der Waals surface area contributed by atoms with Crippen molar-refractivity contribution in [2.45, 2.75) is 57.6 Å². The van der Waals surface area contributed by atoms with Gasteiger partial charge in [-0.15, -0.1) is 4.99 Å². The van der Waals surface area contributed by atoms with Gasteiger partial charge in [-0.1, -0.05) is 23.4 Å². The molecule has 1 saturated heterocycles. The molecule has 0 bridgehead atoms. The van der Waals surface area contributed by atoms with Crippen molar-refractivity contribution in [2.24, 2.45) is 4.99 Å². The summed E-state index contributed by atoms with van der Waals surface area (Å²) in [5.41, 5.74) is -2.53. The van der Waals surface area contributed by atoms with Crippen molar-refractivity contribution in [3.63, 3.8) is 0 Å². The predicted octanol–water partition coefficient (Wildman–Crippen LogP) is 7.56. The fourth-order valence-corrected chi connectivity index (χ4v) is 4.52. The molecule has 11 nitrogen and oxygen atoms in total. The van der Waals surface area contributed by atoms with Gasteiger partial charge in [0.2, 0.25) is 17.7 Å². The van der Waals surface area contributed by atoms with Gasteiger partial charge in [-0.05, 0) is 75.6 Å². The molecular formula is C30H29F6N5O6. The van der Waals surface area contributed by atoms with Crippen molar-refractivity contribution in [3.8, 4) is 17.1 Å². The number of guanidine groups is 1. The molecule has 0 aliphatic carbocycles. The van der Waals surface area contributed by atoms with Gasteiger partial charge in [-0.25, -0.2) is 9.59 Å². The topological polar surface area (TPSA) is 139 Å². The molecule has 4 rings (SSSR count). The van der Waals surface area contributed by atoms with E-state index in [-0.39, 0.29) is 36.4 Å². The molecule has 3 aromatic rings. The molecule has 2 amide bonds. The van der Waals surface area contributed by atoms with E-state index in [1.165, 1.54) is 35.3 Å². The van der Waals surface area contributed by atoms with Crippen molar-refractivity contribution in [1.29, 1.82) is 0 Å². The first-order chi connectivity index (χ1) is 21.9. The van der Waals surface area contributed by atoms with Gasteiger partial charge in [-0.2, -0.15) is 31.3 Å². The average molecular weight is 670 g/mol. The largest absolute Gasteiger partial charge is 0.489 e. The summed E-state index contributed by atoms with van der Waals surface area (Å²) >= 11 is 0. The third-order valence-electron chi connectivity index (χ3n) is 6.49. The summed E-state index contributed by atoms with van der Waals surface area (Å²) in [5.74, 6) is -1.10. The molecule has 1 aromatic heterocycles. The van der Waals surface area contributed by atoms with Gasteiger partial charge in [-0.3, -0.25) is 5.32 Å². The van der Waals surface area contributed by atoms with Crippen LogP contribution in [0.5, 0.6) is 5.75 Å². The Morgan fingerprint density at radius 3 is 2.40 bits per heavy atom. The van der Waals surface area contributed by atoms with E-state index >= 15 is 0 Å². The molecule has 1 fully saturated rings. The van der Waals surface area contributed by atoms with Crippen LogP contribution in [0, 0.1) is 0 Å². The minimum absolute atomic E-state index is 0.0520. The summed E-state index contributed by atoms with van der Waals surface area (Å²) in [6, 6.07) is 6.59. The third-order valence-corrected chi connectivity index (χ3v) is 6.49. The lowest BCUT2D eigenvalue weighted by Gasteiger charge is -2.25. The number of aromatic nitrogens is 2. The van der Waals surface area contributed by atoms with Crippen LogP contribution >= 0.6 is 0 Å². The van der Waals surface area contributed by atoms with Crippen molar-refractivity contribution in [3.05, 3.63) is 71.1 Å². The molecule has 2 heterocycles. The first-order valence-corrected chi connectivity index (χ1v) is 14.0. The predicted molar refractivity (Wildman–Crippen MR) is 154 cm³/mol. The zero-order chi connectivity index (χ0) is 34.6. The number of hydrogen-bond acceptors (Lipinski definition) is 7. The molecule has 0 saturated carbocycles. The van der Waals surface area contributed by atoms with Crippen LogP contribution < -0.4 is 10.1 Å². The minimum Gasteiger partial charge on any atom is -0.489 e. The molecule has 252 valence electrons. The average Bonchev–Trinajstić information content (AvgIpc) is 3.63. The van der Waals surface area contributed by atoms with E-state index in [1.807, 2.05) is 0 Å². The zero-order valence-corrected chi connectivity index (χ0v) is 25.1. The van der Waals surface area contributed by atoms with Crippen LogP contribution in [0.1, 0.15) is 62.2 Å². The molecule has 1 aliphatic rings. The van der Waals surface area contributed by atoms with Crippen molar-refractivity contribution >= 4 is 24.2 Å². The second-order valence-electron chi connectivity index (χ2n) is 11.2. The Balaban J connectivity index is 1.51.